The Morgan fingerprint density at radius 1 is 1.38 bits per heavy atom. The van der Waals surface area contributed by atoms with Gasteiger partial charge in [-0.25, -0.2) is 4.79 Å². The SMILES string of the molecule is COC(=O)c1ccc(SC)c2ncccc12. The Hall–Kier alpha value is -1.55. The summed E-state index contributed by atoms with van der Waals surface area (Å²) >= 11 is 1.61. The molecule has 2 aromatic rings. The lowest BCUT2D eigenvalue weighted by molar-refractivity contribution is 0.0603. The number of benzene rings is 1. The summed E-state index contributed by atoms with van der Waals surface area (Å²) in [6.45, 7) is 0. The zero-order valence-electron chi connectivity index (χ0n) is 9.06. The highest BCUT2D eigenvalue weighted by Gasteiger charge is 2.12. The summed E-state index contributed by atoms with van der Waals surface area (Å²) < 4.78 is 4.74. The monoisotopic (exact) mass is 233 g/mol. The first-order valence-corrected chi connectivity index (χ1v) is 6.00. The summed E-state index contributed by atoms with van der Waals surface area (Å²) in [5.41, 5.74) is 1.40. The molecule has 0 saturated heterocycles. The third-order valence-corrected chi connectivity index (χ3v) is 3.13. The van der Waals surface area contributed by atoms with Crippen molar-refractivity contribution >= 4 is 28.6 Å². The first-order valence-electron chi connectivity index (χ1n) is 4.78. The number of carbonyl (C=O) groups excluding carboxylic acids is 1. The van der Waals surface area contributed by atoms with Crippen LogP contribution in [0.2, 0.25) is 0 Å². The molecule has 0 saturated carbocycles. The molecule has 0 atom stereocenters. The number of methoxy groups -OCH3 is 1. The number of nitrogens with zero attached hydrogens (tertiary/aromatic N) is 1. The number of fused-ring (bicyclic) bond motifs is 1. The van der Waals surface area contributed by atoms with E-state index in [1.165, 1.54) is 7.11 Å². The van der Waals surface area contributed by atoms with Gasteiger partial charge in [-0.05, 0) is 24.5 Å². The molecule has 0 bridgehead atoms. The van der Waals surface area contributed by atoms with Crippen LogP contribution in [-0.4, -0.2) is 24.3 Å². The second kappa shape index (κ2) is 4.53. The summed E-state index contributed by atoms with van der Waals surface area (Å²) in [5.74, 6) is -0.328. The van der Waals surface area contributed by atoms with Gasteiger partial charge >= 0.3 is 5.97 Å². The molecule has 0 aliphatic heterocycles. The minimum atomic E-state index is -0.328. The van der Waals surface area contributed by atoms with Crippen molar-refractivity contribution in [3.8, 4) is 0 Å². The topological polar surface area (TPSA) is 39.2 Å². The third-order valence-electron chi connectivity index (χ3n) is 2.36. The van der Waals surface area contributed by atoms with Gasteiger partial charge in [0.1, 0.15) is 0 Å². The van der Waals surface area contributed by atoms with Crippen LogP contribution in [0.3, 0.4) is 0 Å². The molecule has 3 nitrogen and oxygen atoms in total. The van der Waals surface area contributed by atoms with Crippen molar-refractivity contribution in [1.29, 1.82) is 0 Å². The maximum absolute atomic E-state index is 11.6. The lowest BCUT2D eigenvalue weighted by atomic mass is 10.1. The first-order chi connectivity index (χ1) is 7.77. The average molecular weight is 233 g/mol. The van der Waals surface area contributed by atoms with Crippen molar-refractivity contribution in [3.05, 3.63) is 36.0 Å². The lowest BCUT2D eigenvalue weighted by Gasteiger charge is -2.07. The summed E-state index contributed by atoms with van der Waals surface area (Å²) in [6, 6.07) is 7.38. The standard InChI is InChI=1S/C12H11NO2S/c1-15-12(14)9-5-6-10(16-2)11-8(9)4-3-7-13-11/h3-7H,1-2H3. The van der Waals surface area contributed by atoms with Gasteiger partial charge in [0.15, 0.2) is 0 Å². The van der Waals surface area contributed by atoms with Gasteiger partial charge in [-0.3, -0.25) is 4.98 Å². The fourth-order valence-electron chi connectivity index (χ4n) is 1.60. The van der Waals surface area contributed by atoms with Crippen molar-refractivity contribution in [3.63, 3.8) is 0 Å². The van der Waals surface area contributed by atoms with Crippen molar-refractivity contribution < 1.29 is 9.53 Å². The van der Waals surface area contributed by atoms with Gasteiger partial charge in [-0.15, -0.1) is 11.8 Å². The molecule has 1 aromatic heterocycles. The normalized spacial score (nSPS) is 10.4. The Balaban J connectivity index is 2.74. The van der Waals surface area contributed by atoms with Crippen LogP contribution in [0.4, 0.5) is 0 Å². The van der Waals surface area contributed by atoms with Crippen LogP contribution in [-0.2, 0) is 4.74 Å². The van der Waals surface area contributed by atoms with Crippen molar-refractivity contribution in [1.82, 2.24) is 4.98 Å². The second-order valence-corrected chi connectivity index (χ2v) is 4.05. The van der Waals surface area contributed by atoms with Gasteiger partial charge in [0, 0.05) is 16.5 Å². The molecule has 0 aliphatic rings. The van der Waals surface area contributed by atoms with E-state index in [-0.39, 0.29) is 5.97 Å². The predicted molar refractivity (Wildman–Crippen MR) is 64.9 cm³/mol. The van der Waals surface area contributed by atoms with Gasteiger partial charge in [0.2, 0.25) is 0 Å². The van der Waals surface area contributed by atoms with E-state index in [0.717, 1.165) is 15.8 Å². The molecule has 1 aromatic carbocycles. The third kappa shape index (κ3) is 1.76. The maximum Gasteiger partial charge on any atom is 0.338 e. The van der Waals surface area contributed by atoms with Gasteiger partial charge in [-0.2, -0.15) is 0 Å². The lowest BCUT2D eigenvalue weighted by Crippen LogP contribution is -2.02. The van der Waals surface area contributed by atoms with Gasteiger partial charge < -0.3 is 4.74 Å². The fraction of sp³-hybridized carbons (Fsp3) is 0.167. The summed E-state index contributed by atoms with van der Waals surface area (Å²) in [5, 5.41) is 0.834. The number of esters is 1. The highest BCUT2D eigenvalue weighted by Crippen LogP contribution is 2.27. The van der Waals surface area contributed by atoms with Crippen LogP contribution in [0.15, 0.2) is 35.4 Å². The van der Waals surface area contributed by atoms with E-state index < -0.39 is 0 Å². The molecule has 16 heavy (non-hydrogen) atoms. The molecule has 0 N–H and O–H groups in total. The predicted octanol–water partition coefficient (Wildman–Crippen LogP) is 2.74. The first kappa shape index (κ1) is 11.0. The highest BCUT2D eigenvalue weighted by molar-refractivity contribution is 7.98. The van der Waals surface area contributed by atoms with Gasteiger partial charge in [0.05, 0.1) is 18.2 Å². The molecule has 4 heteroatoms. The number of thioether (sulfide) groups is 1. The molecule has 82 valence electrons. The minimum absolute atomic E-state index is 0.328. The van der Waals surface area contributed by atoms with Crippen LogP contribution < -0.4 is 0 Å². The van der Waals surface area contributed by atoms with Crippen LogP contribution in [0.1, 0.15) is 10.4 Å². The average Bonchev–Trinajstić information content (AvgIpc) is 2.36. The molecule has 1 heterocycles. The van der Waals surface area contributed by atoms with E-state index in [2.05, 4.69) is 4.98 Å². The fourth-order valence-corrected chi connectivity index (χ4v) is 2.16. The van der Waals surface area contributed by atoms with E-state index in [9.17, 15) is 4.79 Å². The molecular formula is C12H11NO2S. The zero-order valence-corrected chi connectivity index (χ0v) is 9.88. The quantitative estimate of drug-likeness (QED) is 0.590. The molecule has 2 rings (SSSR count). The number of hydrogen-bond acceptors (Lipinski definition) is 4. The van der Waals surface area contributed by atoms with Crippen molar-refractivity contribution in [2.75, 3.05) is 13.4 Å². The molecule has 0 fully saturated rings. The summed E-state index contributed by atoms with van der Waals surface area (Å²) in [7, 11) is 1.38. The molecule has 0 radical (unpaired) electrons. The van der Waals surface area contributed by atoms with Crippen molar-refractivity contribution in [2.45, 2.75) is 4.90 Å². The van der Waals surface area contributed by atoms with E-state index >= 15 is 0 Å². The van der Waals surface area contributed by atoms with Crippen LogP contribution in [0.5, 0.6) is 0 Å². The van der Waals surface area contributed by atoms with Gasteiger partial charge in [0.25, 0.3) is 0 Å². The summed E-state index contributed by atoms with van der Waals surface area (Å²) in [6.07, 6.45) is 3.71. The number of rotatable bonds is 2. The number of ether oxygens (including phenoxy) is 1. The smallest absolute Gasteiger partial charge is 0.338 e. The number of aromatic nitrogens is 1. The van der Waals surface area contributed by atoms with E-state index in [4.69, 9.17) is 4.74 Å². The van der Waals surface area contributed by atoms with E-state index in [0.29, 0.717) is 5.56 Å². The van der Waals surface area contributed by atoms with E-state index in [1.807, 2.05) is 24.5 Å². The zero-order chi connectivity index (χ0) is 11.5. The Kier molecular flexibility index (Phi) is 3.10. The van der Waals surface area contributed by atoms with Gasteiger partial charge in [-0.1, -0.05) is 6.07 Å². The highest BCUT2D eigenvalue weighted by atomic mass is 32.2. The number of pyridine rings is 1. The Morgan fingerprint density at radius 3 is 2.88 bits per heavy atom. The van der Waals surface area contributed by atoms with Crippen molar-refractivity contribution in [2.24, 2.45) is 0 Å². The number of carbonyl (C=O) groups is 1. The Bertz CT molecular complexity index is 540. The minimum Gasteiger partial charge on any atom is -0.465 e. The largest absolute Gasteiger partial charge is 0.465 e. The molecule has 0 amide bonds. The van der Waals surface area contributed by atoms with E-state index in [1.54, 1.807) is 24.0 Å². The van der Waals surface area contributed by atoms with Crippen LogP contribution in [0, 0.1) is 0 Å². The molecule has 0 spiro atoms. The molecular weight excluding hydrogens is 222 g/mol. The Morgan fingerprint density at radius 2 is 2.19 bits per heavy atom. The summed E-state index contributed by atoms with van der Waals surface area (Å²) in [4.78, 5) is 16.9. The maximum atomic E-state index is 11.6. The van der Waals surface area contributed by atoms with Crippen LogP contribution in [0.25, 0.3) is 10.9 Å². The number of hydrogen-bond donors (Lipinski definition) is 0. The molecule has 0 aliphatic carbocycles. The van der Waals surface area contributed by atoms with Crippen LogP contribution >= 0.6 is 11.8 Å². The Labute approximate surface area is 97.8 Å². The second-order valence-electron chi connectivity index (χ2n) is 3.21. The molecule has 0 unspecified atom stereocenters.